The molecule has 1 fully saturated rings. The van der Waals surface area contributed by atoms with Crippen molar-refractivity contribution in [2.24, 2.45) is 16.3 Å². The Hall–Kier alpha value is -0.770. The molecular formula is C13H27N3O. The Bertz CT molecular complexity index is 243. The van der Waals surface area contributed by atoms with Gasteiger partial charge in [0.25, 0.3) is 0 Å². The second-order valence-corrected chi connectivity index (χ2v) is 5.73. The zero-order valence-corrected chi connectivity index (χ0v) is 11.3. The van der Waals surface area contributed by atoms with E-state index < -0.39 is 0 Å². The number of oxime groups is 1. The largest absolute Gasteiger partial charge is 0.409 e. The first-order valence-electron chi connectivity index (χ1n) is 6.76. The highest BCUT2D eigenvalue weighted by molar-refractivity contribution is 5.85. The van der Waals surface area contributed by atoms with Crippen molar-refractivity contribution in [2.75, 3.05) is 19.6 Å². The molecule has 0 aromatic carbocycles. The van der Waals surface area contributed by atoms with E-state index in [-0.39, 0.29) is 5.41 Å². The fourth-order valence-electron chi connectivity index (χ4n) is 2.24. The van der Waals surface area contributed by atoms with Crippen LogP contribution in [-0.2, 0) is 0 Å². The van der Waals surface area contributed by atoms with Crippen LogP contribution in [0.3, 0.4) is 0 Å². The smallest absolute Gasteiger partial charge is 0.144 e. The number of likely N-dealkylation sites (tertiary alicyclic amines) is 1. The molecule has 0 atom stereocenters. The third-order valence-electron chi connectivity index (χ3n) is 3.80. The van der Waals surface area contributed by atoms with Crippen LogP contribution in [0.4, 0.5) is 0 Å². The lowest BCUT2D eigenvalue weighted by atomic mass is 9.87. The second kappa shape index (κ2) is 6.84. The van der Waals surface area contributed by atoms with E-state index in [9.17, 15) is 0 Å². The van der Waals surface area contributed by atoms with E-state index >= 15 is 0 Å². The molecule has 4 nitrogen and oxygen atoms in total. The molecule has 1 aliphatic rings. The van der Waals surface area contributed by atoms with Gasteiger partial charge in [-0.15, -0.1) is 0 Å². The fraction of sp³-hybridized carbons (Fsp3) is 0.923. The van der Waals surface area contributed by atoms with Crippen molar-refractivity contribution >= 4 is 5.84 Å². The molecule has 0 radical (unpaired) electrons. The Labute approximate surface area is 105 Å². The van der Waals surface area contributed by atoms with Gasteiger partial charge in [0.2, 0.25) is 0 Å². The summed E-state index contributed by atoms with van der Waals surface area (Å²) in [6, 6.07) is 0. The maximum atomic E-state index is 8.74. The van der Waals surface area contributed by atoms with Gasteiger partial charge in [-0.25, -0.2) is 0 Å². The van der Waals surface area contributed by atoms with E-state index in [2.05, 4.69) is 10.1 Å². The topological polar surface area (TPSA) is 61.8 Å². The number of hydrogen-bond donors (Lipinski definition) is 2. The lowest BCUT2D eigenvalue weighted by Gasteiger charge is -2.29. The van der Waals surface area contributed by atoms with Crippen molar-refractivity contribution < 1.29 is 5.21 Å². The third kappa shape index (κ3) is 4.94. The van der Waals surface area contributed by atoms with Crippen LogP contribution in [0.1, 0.15) is 52.4 Å². The summed E-state index contributed by atoms with van der Waals surface area (Å²) in [4.78, 5) is 2.52. The highest BCUT2D eigenvalue weighted by atomic mass is 16.4. The van der Waals surface area contributed by atoms with Gasteiger partial charge in [0.15, 0.2) is 0 Å². The average Bonchev–Trinajstić information content (AvgIpc) is 2.26. The van der Waals surface area contributed by atoms with Crippen LogP contribution in [0, 0.1) is 5.41 Å². The summed E-state index contributed by atoms with van der Waals surface area (Å²) < 4.78 is 0. The van der Waals surface area contributed by atoms with Gasteiger partial charge in [-0.3, -0.25) is 0 Å². The minimum atomic E-state index is -0.211. The molecule has 100 valence electrons. The lowest BCUT2D eigenvalue weighted by Crippen LogP contribution is -2.37. The molecule has 1 aliphatic heterocycles. The first kappa shape index (κ1) is 14.3. The van der Waals surface area contributed by atoms with Crippen molar-refractivity contribution in [2.45, 2.75) is 52.4 Å². The minimum absolute atomic E-state index is 0.211. The first-order valence-corrected chi connectivity index (χ1v) is 6.76. The Morgan fingerprint density at radius 2 is 1.71 bits per heavy atom. The fourth-order valence-corrected chi connectivity index (χ4v) is 2.24. The summed E-state index contributed by atoms with van der Waals surface area (Å²) in [7, 11) is 0. The second-order valence-electron chi connectivity index (χ2n) is 5.73. The van der Waals surface area contributed by atoms with Gasteiger partial charge in [0.05, 0.1) is 0 Å². The van der Waals surface area contributed by atoms with E-state index in [0.717, 1.165) is 13.0 Å². The summed E-state index contributed by atoms with van der Waals surface area (Å²) >= 11 is 0. The molecule has 1 rings (SSSR count). The monoisotopic (exact) mass is 241 g/mol. The third-order valence-corrected chi connectivity index (χ3v) is 3.80. The van der Waals surface area contributed by atoms with Gasteiger partial charge in [-0.2, -0.15) is 0 Å². The molecule has 4 heteroatoms. The van der Waals surface area contributed by atoms with Crippen LogP contribution in [0.25, 0.3) is 0 Å². The Morgan fingerprint density at radius 3 is 2.24 bits per heavy atom. The van der Waals surface area contributed by atoms with E-state index in [0.29, 0.717) is 5.84 Å². The Balaban J connectivity index is 2.37. The quantitative estimate of drug-likeness (QED) is 0.344. The predicted molar refractivity (Wildman–Crippen MR) is 71.3 cm³/mol. The molecule has 1 saturated heterocycles. The van der Waals surface area contributed by atoms with Crippen LogP contribution in [0.2, 0.25) is 0 Å². The molecule has 0 amide bonds. The first-order chi connectivity index (χ1) is 8.06. The van der Waals surface area contributed by atoms with Gasteiger partial charge in [0.1, 0.15) is 5.84 Å². The van der Waals surface area contributed by atoms with Gasteiger partial charge in [-0.1, -0.05) is 38.3 Å². The van der Waals surface area contributed by atoms with Crippen molar-refractivity contribution in [1.82, 2.24) is 4.90 Å². The number of rotatable bonds is 4. The molecule has 0 aliphatic carbocycles. The molecule has 0 saturated carbocycles. The molecule has 0 aromatic rings. The Kier molecular flexibility index (Phi) is 5.75. The minimum Gasteiger partial charge on any atom is -0.409 e. The maximum absolute atomic E-state index is 8.74. The summed E-state index contributed by atoms with van der Waals surface area (Å²) in [6.45, 7) is 7.51. The summed E-state index contributed by atoms with van der Waals surface area (Å²) in [6.07, 6.45) is 7.68. The Morgan fingerprint density at radius 1 is 1.18 bits per heavy atom. The van der Waals surface area contributed by atoms with Gasteiger partial charge < -0.3 is 15.8 Å². The standard InChI is InChI=1S/C13H27N3O/c1-13(2,12(14)15-17)8-11-16-9-6-4-3-5-7-10-16/h17H,3-11H2,1-2H3,(H2,14,15). The van der Waals surface area contributed by atoms with Crippen molar-refractivity contribution in [3.63, 3.8) is 0 Å². The molecule has 0 aromatic heterocycles. The molecule has 3 N–H and O–H groups in total. The molecule has 0 bridgehead atoms. The van der Waals surface area contributed by atoms with Crippen molar-refractivity contribution in [3.8, 4) is 0 Å². The van der Waals surface area contributed by atoms with Crippen LogP contribution < -0.4 is 5.73 Å². The highest BCUT2D eigenvalue weighted by Gasteiger charge is 2.24. The summed E-state index contributed by atoms with van der Waals surface area (Å²) in [5.41, 5.74) is 5.49. The zero-order chi connectivity index (χ0) is 12.7. The molecule has 1 heterocycles. The highest BCUT2D eigenvalue weighted by Crippen LogP contribution is 2.21. The molecular weight excluding hydrogens is 214 g/mol. The van der Waals surface area contributed by atoms with E-state index in [1.165, 1.54) is 45.2 Å². The zero-order valence-electron chi connectivity index (χ0n) is 11.3. The number of hydrogen-bond acceptors (Lipinski definition) is 3. The van der Waals surface area contributed by atoms with E-state index in [1.54, 1.807) is 0 Å². The van der Waals surface area contributed by atoms with Crippen molar-refractivity contribution in [3.05, 3.63) is 0 Å². The van der Waals surface area contributed by atoms with Gasteiger partial charge in [0, 0.05) is 5.41 Å². The molecule has 0 spiro atoms. The SMILES string of the molecule is CC(C)(CCN1CCCCCCC1)C(N)=NO. The summed E-state index contributed by atoms with van der Waals surface area (Å²) in [5.74, 6) is 0.338. The van der Waals surface area contributed by atoms with Crippen LogP contribution in [0.5, 0.6) is 0 Å². The van der Waals surface area contributed by atoms with Crippen LogP contribution >= 0.6 is 0 Å². The van der Waals surface area contributed by atoms with Crippen LogP contribution in [-0.4, -0.2) is 35.6 Å². The number of nitrogens with two attached hydrogens (primary N) is 1. The normalized spacial score (nSPS) is 20.9. The predicted octanol–water partition coefficient (Wildman–Crippen LogP) is 2.42. The van der Waals surface area contributed by atoms with Crippen molar-refractivity contribution in [1.29, 1.82) is 0 Å². The number of amidine groups is 1. The lowest BCUT2D eigenvalue weighted by molar-refractivity contribution is 0.222. The average molecular weight is 241 g/mol. The van der Waals surface area contributed by atoms with Gasteiger partial charge >= 0.3 is 0 Å². The summed E-state index contributed by atoms with van der Waals surface area (Å²) in [5, 5.41) is 11.9. The van der Waals surface area contributed by atoms with Gasteiger partial charge in [-0.05, 0) is 38.9 Å². The maximum Gasteiger partial charge on any atom is 0.144 e. The van der Waals surface area contributed by atoms with Crippen LogP contribution in [0.15, 0.2) is 5.16 Å². The van der Waals surface area contributed by atoms with E-state index in [4.69, 9.17) is 10.9 Å². The number of nitrogens with zero attached hydrogens (tertiary/aromatic N) is 2. The van der Waals surface area contributed by atoms with E-state index in [1.807, 2.05) is 13.8 Å². The molecule has 17 heavy (non-hydrogen) atoms. The molecule has 0 unspecified atom stereocenters.